The Morgan fingerprint density at radius 3 is 2.38 bits per heavy atom. The minimum absolute atomic E-state index is 0.496. The van der Waals surface area contributed by atoms with E-state index in [2.05, 4.69) is 18.3 Å². The van der Waals surface area contributed by atoms with Crippen molar-refractivity contribution in [1.82, 2.24) is 5.32 Å². The van der Waals surface area contributed by atoms with Gasteiger partial charge < -0.3 is 10.4 Å². The SMILES string of the molecule is CCC1CCC(CNCC(O)c2ccc(C#N)cc2)CC1. The van der Waals surface area contributed by atoms with Crippen molar-refractivity contribution in [2.75, 3.05) is 13.1 Å². The Labute approximate surface area is 128 Å². The number of nitrogens with zero attached hydrogens (tertiary/aromatic N) is 1. The average Bonchev–Trinajstić information content (AvgIpc) is 2.55. The molecule has 114 valence electrons. The molecule has 0 amide bonds. The van der Waals surface area contributed by atoms with Crippen LogP contribution in [0, 0.1) is 23.2 Å². The van der Waals surface area contributed by atoms with Crippen LogP contribution in [-0.2, 0) is 0 Å². The lowest BCUT2D eigenvalue weighted by Crippen LogP contribution is -2.29. The van der Waals surface area contributed by atoms with Gasteiger partial charge in [-0.2, -0.15) is 5.26 Å². The molecule has 1 aliphatic rings. The van der Waals surface area contributed by atoms with Gasteiger partial charge in [-0.1, -0.05) is 38.3 Å². The molecule has 0 bridgehead atoms. The fraction of sp³-hybridized carbons (Fsp3) is 0.611. The third kappa shape index (κ3) is 4.84. The molecular weight excluding hydrogens is 260 g/mol. The number of rotatable bonds is 6. The zero-order valence-electron chi connectivity index (χ0n) is 12.9. The first-order valence-electron chi connectivity index (χ1n) is 8.11. The molecule has 3 nitrogen and oxygen atoms in total. The summed E-state index contributed by atoms with van der Waals surface area (Å²) in [5, 5.41) is 22.3. The van der Waals surface area contributed by atoms with E-state index >= 15 is 0 Å². The van der Waals surface area contributed by atoms with Gasteiger partial charge in [-0.15, -0.1) is 0 Å². The number of benzene rings is 1. The highest BCUT2D eigenvalue weighted by molar-refractivity contribution is 5.32. The van der Waals surface area contributed by atoms with Crippen molar-refractivity contribution in [1.29, 1.82) is 5.26 Å². The predicted molar refractivity (Wildman–Crippen MR) is 84.7 cm³/mol. The molecule has 2 N–H and O–H groups in total. The molecule has 0 aliphatic heterocycles. The maximum absolute atomic E-state index is 10.1. The second-order valence-electron chi connectivity index (χ2n) is 6.20. The molecule has 0 aromatic heterocycles. The van der Waals surface area contributed by atoms with E-state index < -0.39 is 6.10 Å². The van der Waals surface area contributed by atoms with E-state index in [1.165, 1.54) is 32.1 Å². The van der Waals surface area contributed by atoms with E-state index in [0.717, 1.165) is 23.9 Å². The van der Waals surface area contributed by atoms with Gasteiger partial charge >= 0.3 is 0 Å². The molecule has 0 spiro atoms. The quantitative estimate of drug-likeness (QED) is 0.842. The van der Waals surface area contributed by atoms with Gasteiger partial charge in [0.05, 0.1) is 17.7 Å². The molecule has 0 radical (unpaired) electrons. The van der Waals surface area contributed by atoms with E-state index in [1.807, 2.05) is 12.1 Å². The molecule has 1 aromatic carbocycles. The molecule has 0 heterocycles. The largest absolute Gasteiger partial charge is 0.387 e. The normalized spacial score (nSPS) is 23.5. The summed E-state index contributed by atoms with van der Waals surface area (Å²) >= 11 is 0. The molecule has 1 unspecified atom stereocenters. The van der Waals surface area contributed by atoms with Gasteiger partial charge in [-0.3, -0.25) is 0 Å². The zero-order chi connectivity index (χ0) is 15.1. The van der Waals surface area contributed by atoms with Crippen molar-refractivity contribution in [2.45, 2.75) is 45.1 Å². The van der Waals surface area contributed by atoms with E-state index in [-0.39, 0.29) is 0 Å². The highest BCUT2D eigenvalue weighted by Crippen LogP contribution is 2.30. The van der Waals surface area contributed by atoms with Crippen LogP contribution in [0.2, 0.25) is 0 Å². The highest BCUT2D eigenvalue weighted by Gasteiger charge is 2.19. The van der Waals surface area contributed by atoms with Crippen molar-refractivity contribution >= 4 is 0 Å². The van der Waals surface area contributed by atoms with Gasteiger partial charge in [0.15, 0.2) is 0 Å². The Morgan fingerprint density at radius 1 is 1.19 bits per heavy atom. The molecule has 1 fully saturated rings. The van der Waals surface area contributed by atoms with Crippen LogP contribution in [0.5, 0.6) is 0 Å². The maximum atomic E-state index is 10.1. The van der Waals surface area contributed by atoms with E-state index in [0.29, 0.717) is 12.1 Å². The third-order valence-corrected chi connectivity index (χ3v) is 4.74. The fourth-order valence-corrected chi connectivity index (χ4v) is 3.17. The third-order valence-electron chi connectivity index (χ3n) is 4.74. The molecule has 1 aromatic rings. The van der Waals surface area contributed by atoms with E-state index in [1.54, 1.807) is 12.1 Å². The van der Waals surface area contributed by atoms with Crippen LogP contribution in [0.4, 0.5) is 0 Å². The summed E-state index contributed by atoms with van der Waals surface area (Å²) in [7, 11) is 0. The Balaban J connectivity index is 1.69. The van der Waals surface area contributed by atoms with Gasteiger partial charge in [0.2, 0.25) is 0 Å². The Bertz CT molecular complexity index is 455. The van der Waals surface area contributed by atoms with Gasteiger partial charge in [-0.05, 0) is 48.9 Å². The minimum Gasteiger partial charge on any atom is -0.387 e. The van der Waals surface area contributed by atoms with Crippen molar-refractivity contribution in [3.8, 4) is 6.07 Å². The van der Waals surface area contributed by atoms with Crippen LogP contribution in [-0.4, -0.2) is 18.2 Å². The highest BCUT2D eigenvalue weighted by atomic mass is 16.3. The van der Waals surface area contributed by atoms with E-state index in [9.17, 15) is 5.11 Å². The number of aliphatic hydroxyl groups excluding tert-OH is 1. The zero-order valence-corrected chi connectivity index (χ0v) is 12.9. The van der Waals surface area contributed by atoms with E-state index in [4.69, 9.17) is 5.26 Å². The molecule has 2 rings (SSSR count). The first-order valence-corrected chi connectivity index (χ1v) is 8.11. The summed E-state index contributed by atoms with van der Waals surface area (Å²) in [5.41, 5.74) is 1.50. The first-order chi connectivity index (χ1) is 10.2. The number of aliphatic hydroxyl groups is 1. The molecule has 1 saturated carbocycles. The molecule has 3 heteroatoms. The van der Waals surface area contributed by atoms with Crippen molar-refractivity contribution < 1.29 is 5.11 Å². The van der Waals surface area contributed by atoms with Gasteiger partial charge in [-0.25, -0.2) is 0 Å². The standard InChI is InChI=1S/C18H26N2O/c1-2-14-3-5-16(6-4-14)12-20-13-18(21)17-9-7-15(11-19)8-10-17/h7-10,14,16,18,20-21H,2-6,12-13H2,1H3. The summed E-state index contributed by atoms with van der Waals surface area (Å²) in [5.74, 6) is 1.70. The second kappa shape index (κ2) is 8.17. The average molecular weight is 286 g/mol. The summed E-state index contributed by atoms with van der Waals surface area (Å²) in [4.78, 5) is 0. The van der Waals surface area contributed by atoms with Gasteiger partial charge in [0.25, 0.3) is 0 Å². The first kappa shape index (κ1) is 16.0. The minimum atomic E-state index is -0.496. The molecule has 1 atom stereocenters. The lowest BCUT2D eigenvalue weighted by Gasteiger charge is -2.28. The van der Waals surface area contributed by atoms with Crippen molar-refractivity contribution in [2.24, 2.45) is 11.8 Å². The summed E-state index contributed by atoms with van der Waals surface area (Å²) in [6, 6.07) is 9.26. The maximum Gasteiger partial charge on any atom is 0.0991 e. The number of hydrogen-bond donors (Lipinski definition) is 2. The van der Waals surface area contributed by atoms with Crippen LogP contribution < -0.4 is 5.32 Å². The van der Waals surface area contributed by atoms with Crippen LogP contribution in [0.3, 0.4) is 0 Å². The summed E-state index contributed by atoms with van der Waals surface area (Å²) < 4.78 is 0. The fourth-order valence-electron chi connectivity index (χ4n) is 3.17. The topological polar surface area (TPSA) is 56.0 Å². The van der Waals surface area contributed by atoms with Crippen LogP contribution in [0.15, 0.2) is 24.3 Å². The number of hydrogen-bond acceptors (Lipinski definition) is 3. The van der Waals surface area contributed by atoms with Crippen LogP contribution >= 0.6 is 0 Å². The lowest BCUT2D eigenvalue weighted by atomic mass is 9.81. The van der Waals surface area contributed by atoms with Crippen LogP contribution in [0.25, 0.3) is 0 Å². The molecule has 0 saturated heterocycles. The summed E-state index contributed by atoms with van der Waals surface area (Å²) in [6.45, 7) is 3.88. The molecular formula is C18H26N2O. The Kier molecular flexibility index (Phi) is 6.22. The van der Waals surface area contributed by atoms with Gasteiger partial charge in [0, 0.05) is 6.54 Å². The Hall–Kier alpha value is -1.37. The number of nitriles is 1. The predicted octanol–water partition coefficient (Wildman–Crippen LogP) is 3.40. The Morgan fingerprint density at radius 2 is 1.81 bits per heavy atom. The van der Waals surface area contributed by atoms with Crippen molar-refractivity contribution in [3.63, 3.8) is 0 Å². The summed E-state index contributed by atoms with van der Waals surface area (Å²) in [6.07, 6.45) is 6.18. The second-order valence-corrected chi connectivity index (χ2v) is 6.20. The van der Waals surface area contributed by atoms with Crippen molar-refractivity contribution in [3.05, 3.63) is 35.4 Å². The van der Waals surface area contributed by atoms with Crippen LogP contribution in [0.1, 0.15) is 56.3 Å². The van der Waals surface area contributed by atoms with Gasteiger partial charge in [0.1, 0.15) is 0 Å². The smallest absolute Gasteiger partial charge is 0.0991 e. The molecule has 21 heavy (non-hydrogen) atoms. The lowest BCUT2D eigenvalue weighted by molar-refractivity contribution is 0.168. The monoisotopic (exact) mass is 286 g/mol. The number of nitrogens with one attached hydrogen (secondary N) is 1. The molecule has 1 aliphatic carbocycles.